The van der Waals surface area contributed by atoms with Crippen LogP contribution in [0, 0.1) is 0 Å². The van der Waals surface area contributed by atoms with Crippen LogP contribution in [0.25, 0.3) is 0 Å². The Morgan fingerprint density at radius 2 is 1.93 bits per heavy atom. The fourth-order valence-electron chi connectivity index (χ4n) is 1.84. The summed E-state index contributed by atoms with van der Waals surface area (Å²) >= 11 is 0. The Balaban J connectivity index is 2.22. The third kappa shape index (κ3) is 1.28. The van der Waals surface area contributed by atoms with Crippen LogP contribution < -0.4 is 0 Å². The molecule has 2 aliphatic rings. The molecule has 0 bridgehead atoms. The van der Waals surface area contributed by atoms with Crippen LogP contribution in [-0.4, -0.2) is 41.3 Å². The zero-order valence-electron chi connectivity index (χ0n) is 8.39. The molecule has 5 heteroatoms. The molecule has 0 aromatic heterocycles. The lowest BCUT2D eigenvalue weighted by molar-refractivity contribution is -0.222. The van der Waals surface area contributed by atoms with Crippen molar-refractivity contribution in [1.82, 2.24) is 0 Å². The lowest BCUT2D eigenvalue weighted by Crippen LogP contribution is -2.46. The van der Waals surface area contributed by atoms with E-state index in [1.807, 2.05) is 0 Å². The summed E-state index contributed by atoms with van der Waals surface area (Å²) in [4.78, 5) is 10.6. The van der Waals surface area contributed by atoms with Crippen LogP contribution in [0.2, 0.25) is 0 Å². The van der Waals surface area contributed by atoms with E-state index in [9.17, 15) is 9.90 Å². The van der Waals surface area contributed by atoms with Gasteiger partial charge in [-0.3, -0.25) is 0 Å². The SMILES string of the molecule is CC1(C)O[C@H]2O[C@H](C=O)[C@](C)(O)[C@H]2O1. The first kappa shape index (κ1) is 10.0. The number of hydrogen-bond donors (Lipinski definition) is 1. The molecule has 2 saturated heterocycles. The van der Waals surface area contributed by atoms with Gasteiger partial charge in [-0.1, -0.05) is 0 Å². The number of aldehydes is 1. The highest BCUT2D eigenvalue weighted by Gasteiger charge is 2.60. The summed E-state index contributed by atoms with van der Waals surface area (Å²) in [5, 5.41) is 10.00. The zero-order chi connectivity index (χ0) is 10.6. The molecule has 4 atom stereocenters. The van der Waals surface area contributed by atoms with E-state index in [2.05, 4.69) is 0 Å². The van der Waals surface area contributed by atoms with Gasteiger partial charge in [-0.05, 0) is 20.8 Å². The minimum absolute atomic E-state index is 0.567. The predicted octanol–water partition coefficient (Wildman–Crippen LogP) is -0.187. The molecule has 2 aliphatic heterocycles. The fraction of sp³-hybridized carbons (Fsp3) is 0.889. The van der Waals surface area contributed by atoms with Crippen molar-refractivity contribution < 1.29 is 24.1 Å². The quantitative estimate of drug-likeness (QED) is 0.597. The van der Waals surface area contributed by atoms with E-state index in [0.29, 0.717) is 6.29 Å². The van der Waals surface area contributed by atoms with Crippen molar-refractivity contribution in [2.24, 2.45) is 0 Å². The monoisotopic (exact) mass is 202 g/mol. The minimum Gasteiger partial charge on any atom is -0.384 e. The Labute approximate surface area is 81.9 Å². The van der Waals surface area contributed by atoms with E-state index < -0.39 is 29.9 Å². The molecule has 2 rings (SSSR count). The highest BCUT2D eigenvalue weighted by atomic mass is 16.8. The standard InChI is InChI=1S/C9H14O5/c1-8(2)13-6-7(14-8)12-5(4-10)9(6,3)11/h4-7,11H,1-3H3/t5-,6+,7-,9+/m1/s1. The lowest BCUT2D eigenvalue weighted by atomic mass is 9.96. The average Bonchev–Trinajstić information content (AvgIpc) is 2.45. The van der Waals surface area contributed by atoms with Gasteiger partial charge in [-0.2, -0.15) is 0 Å². The minimum atomic E-state index is -1.32. The van der Waals surface area contributed by atoms with Crippen LogP contribution in [0.5, 0.6) is 0 Å². The lowest BCUT2D eigenvalue weighted by Gasteiger charge is -2.27. The summed E-state index contributed by atoms with van der Waals surface area (Å²) in [5.74, 6) is -0.771. The van der Waals surface area contributed by atoms with Gasteiger partial charge in [-0.25, -0.2) is 0 Å². The Morgan fingerprint density at radius 3 is 2.43 bits per heavy atom. The number of carbonyl (C=O) groups is 1. The first-order valence-electron chi connectivity index (χ1n) is 4.55. The third-order valence-corrected chi connectivity index (χ3v) is 2.61. The normalized spacial score (nSPS) is 50.4. The van der Waals surface area contributed by atoms with Crippen LogP contribution in [0.1, 0.15) is 20.8 Å². The molecular formula is C9H14O5. The molecule has 14 heavy (non-hydrogen) atoms. The molecule has 80 valence electrons. The molecule has 0 unspecified atom stereocenters. The molecule has 0 spiro atoms. The van der Waals surface area contributed by atoms with Crippen LogP contribution in [-0.2, 0) is 19.0 Å². The summed E-state index contributed by atoms with van der Waals surface area (Å²) in [6.07, 6.45) is -1.57. The van der Waals surface area contributed by atoms with Crippen LogP contribution in [0.4, 0.5) is 0 Å². The van der Waals surface area contributed by atoms with Crippen molar-refractivity contribution in [1.29, 1.82) is 0 Å². The van der Waals surface area contributed by atoms with Crippen LogP contribution in [0.3, 0.4) is 0 Å². The van der Waals surface area contributed by atoms with Gasteiger partial charge in [0.05, 0.1) is 0 Å². The molecule has 1 N–H and O–H groups in total. The molecule has 0 aliphatic carbocycles. The molecule has 0 aromatic rings. The molecule has 0 aromatic carbocycles. The molecule has 0 amide bonds. The Kier molecular flexibility index (Phi) is 1.98. The van der Waals surface area contributed by atoms with Crippen molar-refractivity contribution in [3.63, 3.8) is 0 Å². The van der Waals surface area contributed by atoms with Crippen molar-refractivity contribution in [3.05, 3.63) is 0 Å². The topological polar surface area (TPSA) is 65.0 Å². The maximum atomic E-state index is 10.6. The number of hydrogen-bond acceptors (Lipinski definition) is 5. The van der Waals surface area contributed by atoms with Gasteiger partial charge in [0.15, 0.2) is 18.4 Å². The van der Waals surface area contributed by atoms with Gasteiger partial charge >= 0.3 is 0 Å². The van der Waals surface area contributed by atoms with Crippen LogP contribution in [0.15, 0.2) is 0 Å². The fourth-order valence-corrected chi connectivity index (χ4v) is 1.84. The second-order valence-corrected chi connectivity index (χ2v) is 4.34. The maximum Gasteiger partial charge on any atom is 0.191 e. The number of fused-ring (bicyclic) bond motifs is 1. The van der Waals surface area contributed by atoms with E-state index in [4.69, 9.17) is 14.2 Å². The largest absolute Gasteiger partial charge is 0.384 e. The highest BCUT2D eigenvalue weighted by Crippen LogP contribution is 2.42. The molecule has 0 radical (unpaired) electrons. The maximum absolute atomic E-state index is 10.6. The van der Waals surface area contributed by atoms with E-state index in [0.717, 1.165) is 0 Å². The summed E-state index contributed by atoms with van der Waals surface area (Å²) in [6.45, 7) is 4.99. The van der Waals surface area contributed by atoms with Crippen molar-refractivity contribution in [2.45, 2.75) is 50.7 Å². The summed E-state index contributed by atoms with van der Waals surface area (Å²) in [6, 6.07) is 0. The number of rotatable bonds is 1. The van der Waals surface area contributed by atoms with Crippen LogP contribution >= 0.6 is 0 Å². The third-order valence-electron chi connectivity index (χ3n) is 2.61. The predicted molar refractivity (Wildman–Crippen MR) is 45.4 cm³/mol. The molecule has 0 saturated carbocycles. The van der Waals surface area contributed by atoms with E-state index >= 15 is 0 Å². The van der Waals surface area contributed by atoms with Crippen molar-refractivity contribution in [3.8, 4) is 0 Å². The van der Waals surface area contributed by atoms with Crippen molar-refractivity contribution in [2.75, 3.05) is 0 Å². The first-order valence-corrected chi connectivity index (χ1v) is 4.55. The smallest absolute Gasteiger partial charge is 0.191 e. The summed E-state index contributed by atoms with van der Waals surface area (Å²) in [5.41, 5.74) is -1.32. The number of aliphatic hydroxyl groups is 1. The Bertz CT molecular complexity index is 260. The first-order chi connectivity index (χ1) is 6.37. The zero-order valence-corrected chi connectivity index (χ0v) is 8.39. The van der Waals surface area contributed by atoms with Gasteiger partial charge in [-0.15, -0.1) is 0 Å². The van der Waals surface area contributed by atoms with Crippen molar-refractivity contribution >= 4 is 6.29 Å². The number of ether oxygens (including phenoxy) is 3. The van der Waals surface area contributed by atoms with E-state index in [1.54, 1.807) is 13.8 Å². The average molecular weight is 202 g/mol. The summed E-state index contributed by atoms with van der Waals surface area (Å²) < 4.78 is 16.1. The second-order valence-electron chi connectivity index (χ2n) is 4.34. The number of carbonyl (C=O) groups excluding carboxylic acids is 1. The molecule has 5 nitrogen and oxygen atoms in total. The highest BCUT2D eigenvalue weighted by molar-refractivity contribution is 5.59. The Morgan fingerprint density at radius 1 is 1.29 bits per heavy atom. The summed E-state index contributed by atoms with van der Waals surface area (Å²) in [7, 11) is 0. The molecular weight excluding hydrogens is 188 g/mol. The van der Waals surface area contributed by atoms with Gasteiger partial charge < -0.3 is 24.1 Å². The van der Waals surface area contributed by atoms with E-state index in [1.165, 1.54) is 6.92 Å². The van der Waals surface area contributed by atoms with Gasteiger partial charge in [0.2, 0.25) is 0 Å². The Hall–Kier alpha value is -0.490. The molecule has 2 fully saturated rings. The molecule has 2 heterocycles. The van der Waals surface area contributed by atoms with Gasteiger partial charge in [0.25, 0.3) is 0 Å². The van der Waals surface area contributed by atoms with E-state index in [-0.39, 0.29) is 0 Å². The van der Waals surface area contributed by atoms with Gasteiger partial charge in [0.1, 0.15) is 17.8 Å². The van der Waals surface area contributed by atoms with Gasteiger partial charge in [0, 0.05) is 0 Å². The second kappa shape index (κ2) is 2.76.